The molecule has 0 radical (unpaired) electrons. The van der Waals surface area contributed by atoms with Crippen molar-refractivity contribution in [1.29, 1.82) is 0 Å². The minimum atomic E-state index is -0.453. The maximum Gasteiger partial charge on any atom is 0.142 e. The second kappa shape index (κ2) is 4.22. The van der Waals surface area contributed by atoms with Crippen molar-refractivity contribution >= 4 is 5.78 Å². The molecule has 15 heavy (non-hydrogen) atoms. The highest BCUT2D eigenvalue weighted by Gasteiger charge is 2.43. The van der Waals surface area contributed by atoms with Gasteiger partial charge in [-0.2, -0.15) is 0 Å². The Morgan fingerprint density at radius 3 is 2.53 bits per heavy atom. The first-order valence-electron chi connectivity index (χ1n) is 5.62. The SMILES string of the molecule is CC(C)(C)CCC(=O)C1(C)COCC1N. The lowest BCUT2D eigenvalue weighted by molar-refractivity contribution is -0.128. The number of hydrogen-bond donors (Lipinski definition) is 1. The molecule has 2 N–H and O–H groups in total. The summed E-state index contributed by atoms with van der Waals surface area (Å²) in [7, 11) is 0. The van der Waals surface area contributed by atoms with E-state index in [9.17, 15) is 4.79 Å². The number of carbonyl (C=O) groups excluding carboxylic acids is 1. The van der Waals surface area contributed by atoms with Crippen molar-refractivity contribution in [2.24, 2.45) is 16.6 Å². The van der Waals surface area contributed by atoms with Gasteiger partial charge in [-0.15, -0.1) is 0 Å². The fourth-order valence-electron chi connectivity index (χ4n) is 1.75. The van der Waals surface area contributed by atoms with Gasteiger partial charge in [0.15, 0.2) is 0 Å². The van der Waals surface area contributed by atoms with Crippen LogP contribution >= 0.6 is 0 Å². The Bertz CT molecular complexity index is 244. The topological polar surface area (TPSA) is 52.3 Å². The Morgan fingerprint density at radius 1 is 1.53 bits per heavy atom. The van der Waals surface area contributed by atoms with Crippen LogP contribution in [0.3, 0.4) is 0 Å². The first-order chi connectivity index (χ1) is 6.76. The van der Waals surface area contributed by atoms with Gasteiger partial charge in [-0.3, -0.25) is 4.79 Å². The number of Topliss-reactive ketones (excluding diaryl/α,β-unsaturated/α-hetero) is 1. The predicted molar refractivity (Wildman–Crippen MR) is 60.6 cm³/mol. The van der Waals surface area contributed by atoms with Crippen LogP contribution in [-0.4, -0.2) is 25.0 Å². The van der Waals surface area contributed by atoms with E-state index in [1.54, 1.807) is 0 Å². The lowest BCUT2D eigenvalue weighted by atomic mass is 9.77. The van der Waals surface area contributed by atoms with E-state index in [1.165, 1.54) is 0 Å². The first-order valence-corrected chi connectivity index (χ1v) is 5.62. The van der Waals surface area contributed by atoms with Gasteiger partial charge < -0.3 is 10.5 Å². The van der Waals surface area contributed by atoms with E-state index in [4.69, 9.17) is 10.5 Å². The van der Waals surface area contributed by atoms with Crippen molar-refractivity contribution < 1.29 is 9.53 Å². The van der Waals surface area contributed by atoms with Crippen LogP contribution in [0, 0.1) is 10.8 Å². The van der Waals surface area contributed by atoms with Crippen LogP contribution in [0.5, 0.6) is 0 Å². The van der Waals surface area contributed by atoms with Crippen molar-refractivity contribution in [1.82, 2.24) is 0 Å². The van der Waals surface area contributed by atoms with Crippen LogP contribution in [0.15, 0.2) is 0 Å². The normalized spacial score (nSPS) is 31.9. The van der Waals surface area contributed by atoms with Crippen molar-refractivity contribution in [3.63, 3.8) is 0 Å². The molecule has 3 heteroatoms. The van der Waals surface area contributed by atoms with Crippen molar-refractivity contribution in [3.05, 3.63) is 0 Å². The summed E-state index contributed by atoms with van der Waals surface area (Å²) in [4.78, 5) is 12.1. The molecule has 0 amide bonds. The van der Waals surface area contributed by atoms with Crippen LogP contribution in [0.2, 0.25) is 0 Å². The summed E-state index contributed by atoms with van der Waals surface area (Å²) in [6.07, 6.45) is 1.52. The summed E-state index contributed by atoms with van der Waals surface area (Å²) in [6.45, 7) is 9.36. The lowest BCUT2D eigenvalue weighted by Crippen LogP contribution is -2.44. The first kappa shape index (κ1) is 12.7. The molecule has 1 rings (SSSR count). The van der Waals surface area contributed by atoms with E-state index in [-0.39, 0.29) is 17.2 Å². The van der Waals surface area contributed by atoms with E-state index in [2.05, 4.69) is 20.8 Å². The van der Waals surface area contributed by atoms with Gasteiger partial charge in [-0.1, -0.05) is 20.8 Å². The Hall–Kier alpha value is -0.410. The van der Waals surface area contributed by atoms with Crippen LogP contribution in [-0.2, 0) is 9.53 Å². The molecule has 1 aliphatic heterocycles. The molecule has 0 aromatic carbocycles. The maximum atomic E-state index is 12.1. The molecule has 1 aliphatic rings. The van der Waals surface area contributed by atoms with E-state index in [0.29, 0.717) is 19.6 Å². The highest BCUT2D eigenvalue weighted by atomic mass is 16.5. The molecule has 0 saturated carbocycles. The molecule has 1 heterocycles. The molecule has 0 spiro atoms. The molecule has 0 aromatic rings. The van der Waals surface area contributed by atoms with Gasteiger partial charge in [0.25, 0.3) is 0 Å². The molecule has 88 valence electrons. The molecular formula is C12H23NO2. The molecule has 1 saturated heterocycles. The van der Waals surface area contributed by atoms with Crippen LogP contribution < -0.4 is 5.73 Å². The van der Waals surface area contributed by atoms with Gasteiger partial charge in [0.05, 0.1) is 18.6 Å². The zero-order valence-corrected chi connectivity index (χ0v) is 10.3. The van der Waals surface area contributed by atoms with Gasteiger partial charge >= 0.3 is 0 Å². The Morgan fingerprint density at radius 2 is 2.13 bits per heavy atom. The van der Waals surface area contributed by atoms with E-state index < -0.39 is 5.41 Å². The van der Waals surface area contributed by atoms with Crippen molar-refractivity contribution in [2.75, 3.05) is 13.2 Å². The third-order valence-electron chi connectivity index (χ3n) is 3.26. The molecule has 1 fully saturated rings. The van der Waals surface area contributed by atoms with E-state index in [1.807, 2.05) is 6.92 Å². The summed E-state index contributed by atoms with van der Waals surface area (Å²) in [6, 6.07) is -0.134. The Balaban J connectivity index is 2.53. The number of ether oxygens (including phenoxy) is 1. The third-order valence-corrected chi connectivity index (χ3v) is 3.26. The third kappa shape index (κ3) is 3.02. The fourth-order valence-corrected chi connectivity index (χ4v) is 1.75. The minimum Gasteiger partial charge on any atom is -0.379 e. The van der Waals surface area contributed by atoms with Crippen LogP contribution in [0.25, 0.3) is 0 Å². The van der Waals surface area contributed by atoms with E-state index in [0.717, 1.165) is 6.42 Å². The molecule has 2 atom stereocenters. The monoisotopic (exact) mass is 213 g/mol. The number of hydrogen-bond acceptors (Lipinski definition) is 3. The largest absolute Gasteiger partial charge is 0.379 e. The van der Waals surface area contributed by atoms with Gasteiger partial charge in [-0.25, -0.2) is 0 Å². The summed E-state index contributed by atoms with van der Waals surface area (Å²) in [5, 5.41) is 0. The van der Waals surface area contributed by atoms with Crippen molar-refractivity contribution in [2.45, 2.75) is 46.6 Å². The number of rotatable bonds is 3. The number of ketones is 1. The maximum absolute atomic E-state index is 12.1. The molecule has 0 aromatic heterocycles. The van der Waals surface area contributed by atoms with Gasteiger partial charge in [0.1, 0.15) is 5.78 Å². The highest BCUT2D eigenvalue weighted by molar-refractivity contribution is 5.85. The summed E-state index contributed by atoms with van der Waals surface area (Å²) in [5.41, 5.74) is 5.66. The Kier molecular flexibility index (Phi) is 3.56. The smallest absolute Gasteiger partial charge is 0.142 e. The van der Waals surface area contributed by atoms with Gasteiger partial charge in [0, 0.05) is 12.5 Å². The second-order valence-electron chi connectivity index (χ2n) is 6.02. The molecule has 0 aliphatic carbocycles. The minimum absolute atomic E-state index is 0.134. The summed E-state index contributed by atoms with van der Waals surface area (Å²) in [5.74, 6) is 0.252. The van der Waals surface area contributed by atoms with Crippen molar-refractivity contribution in [3.8, 4) is 0 Å². The zero-order valence-electron chi connectivity index (χ0n) is 10.3. The predicted octanol–water partition coefficient (Wildman–Crippen LogP) is 1.75. The Labute approximate surface area is 92.4 Å². The lowest BCUT2D eigenvalue weighted by Gasteiger charge is -2.27. The standard InChI is InChI=1S/C12H23NO2/c1-11(2,3)6-5-10(14)12(4)8-15-7-9(12)13/h9H,5-8,13H2,1-4H3. The number of nitrogens with two attached hydrogens (primary N) is 1. The average Bonchev–Trinajstić information content (AvgIpc) is 2.43. The van der Waals surface area contributed by atoms with E-state index >= 15 is 0 Å². The summed E-state index contributed by atoms with van der Waals surface area (Å²) >= 11 is 0. The fraction of sp³-hybridized carbons (Fsp3) is 0.917. The quantitative estimate of drug-likeness (QED) is 0.777. The molecule has 3 nitrogen and oxygen atoms in total. The molecule has 0 bridgehead atoms. The van der Waals surface area contributed by atoms with Crippen LogP contribution in [0.1, 0.15) is 40.5 Å². The highest BCUT2D eigenvalue weighted by Crippen LogP contribution is 2.32. The van der Waals surface area contributed by atoms with Gasteiger partial charge in [-0.05, 0) is 18.8 Å². The average molecular weight is 213 g/mol. The van der Waals surface area contributed by atoms with Crippen LogP contribution in [0.4, 0.5) is 0 Å². The second-order valence-corrected chi connectivity index (χ2v) is 6.02. The summed E-state index contributed by atoms with van der Waals surface area (Å²) < 4.78 is 5.28. The number of carbonyl (C=O) groups is 1. The zero-order chi connectivity index (χ0) is 11.7. The molecular weight excluding hydrogens is 190 g/mol. The van der Waals surface area contributed by atoms with Gasteiger partial charge in [0.2, 0.25) is 0 Å². The molecule has 2 unspecified atom stereocenters.